The smallest absolute Gasteiger partial charge is 0.322 e. The first kappa shape index (κ1) is 10.7. The van der Waals surface area contributed by atoms with Crippen LogP contribution < -0.4 is 10.9 Å². The predicted octanol–water partition coefficient (Wildman–Crippen LogP) is 0.456. The second-order valence-corrected chi connectivity index (χ2v) is 3.45. The Morgan fingerprint density at radius 1 is 1.57 bits per heavy atom. The molecule has 6 heteroatoms. The van der Waals surface area contributed by atoms with Crippen molar-refractivity contribution in [1.29, 1.82) is 0 Å². The Morgan fingerprint density at radius 3 is 2.79 bits per heavy atom. The number of carbonyl (C=O) groups excluding carboxylic acids is 1. The average Bonchev–Trinajstić information content (AvgIpc) is 2.66. The number of hydrogen-bond donors (Lipinski definition) is 3. The van der Waals surface area contributed by atoms with Crippen molar-refractivity contribution in [1.82, 2.24) is 10.9 Å². The van der Waals surface area contributed by atoms with E-state index in [4.69, 9.17) is 5.11 Å². The van der Waals surface area contributed by atoms with Crippen molar-refractivity contribution in [3.8, 4) is 0 Å². The summed E-state index contributed by atoms with van der Waals surface area (Å²) in [6.07, 6.45) is 0. The van der Waals surface area contributed by atoms with Crippen molar-refractivity contribution in [2.45, 2.75) is 13.0 Å². The summed E-state index contributed by atoms with van der Waals surface area (Å²) in [5.74, 6) is -1.35. The number of carbonyl (C=O) groups is 2. The number of carboxylic acids is 1. The maximum atomic E-state index is 11.3. The van der Waals surface area contributed by atoms with Gasteiger partial charge in [-0.1, -0.05) is 0 Å². The summed E-state index contributed by atoms with van der Waals surface area (Å²) >= 11 is 1.40. The van der Waals surface area contributed by atoms with Gasteiger partial charge in [0, 0.05) is 5.38 Å². The van der Waals surface area contributed by atoms with Gasteiger partial charge in [-0.25, -0.2) is 5.43 Å². The Labute approximate surface area is 84.7 Å². The third-order valence-electron chi connectivity index (χ3n) is 1.56. The van der Waals surface area contributed by atoms with E-state index in [9.17, 15) is 9.59 Å². The van der Waals surface area contributed by atoms with Crippen molar-refractivity contribution in [2.75, 3.05) is 0 Å². The molecule has 3 N–H and O–H groups in total. The minimum Gasteiger partial charge on any atom is -0.480 e. The largest absolute Gasteiger partial charge is 0.480 e. The topological polar surface area (TPSA) is 78.4 Å². The normalized spacial score (nSPS) is 12.1. The van der Waals surface area contributed by atoms with E-state index >= 15 is 0 Å². The molecule has 0 saturated carbocycles. The van der Waals surface area contributed by atoms with Crippen LogP contribution in [0.5, 0.6) is 0 Å². The number of amides is 1. The van der Waals surface area contributed by atoms with Gasteiger partial charge in [-0.3, -0.25) is 15.0 Å². The molecule has 1 heterocycles. The fraction of sp³-hybridized carbons (Fsp3) is 0.250. The maximum absolute atomic E-state index is 11.3. The van der Waals surface area contributed by atoms with Crippen LogP contribution in [0.15, 0.2) is 16.8 Å². The quantitative estimate of drug-likeness (QED) is 0.636. The number of hydrogen-bond acceptors (Lipinski definition) is 4. The molecule has 1 aromatic heterocycles. The molecular formula is C8H10N2O3S. The third kappa shape index (κ3) is 2.82. The Morgan fingerprint density at radius 2 is 2.29 bits per heavy atom. The lowest BCUT2D eigenvalue weighted by atomic mass is 10.3. The number of rotatable bonds is 4. The summed E-state index contributed by atoms with van der Waals surface area (Å²) in [5.41, 5.74) is 5.19. The van der Waals surface area contributed by atoms with Gasteiger partial charge in [0.2, 0.25) is 0 Å². The van der Waals surface area contributed by atoms with Gasteiger partial charge in [-0.15, -0.1) is 0 Å². The van der Waals surface area contributed by atoms with Crippen LogP contribution >= 0.6 is 11.3 Å². The maximum Gasteiger partial charge on any atom is 0.322 e. The zero-order chi connectivity index (χ0) is 10.6. The van der Waals surface area contributed by atoms with Gasteiger partial charge >= 0.3 is 5.97 Å². The standard InChI is InChI=1S/C8H10N2O3S/c1-5(8(12)13)9-10-7(11)6-2-3-14-4-6/h2-5,9H,1H3,(H,10,11)(H,12,13)/t5-/m0/s1. The molecule has 0 spiro atoms. The highest BCUT2D eigenvalue weighted by atomic mass is 32.1. The zero-order valence-electron chi connectivity index (χ0n) is 7.48. The molecule has 0 bridgehead atoms. The number of nitrogens with one attached hydrogen (secondary N) is 2. The Kier molecular flexibility index (Phi) is 3.61. The van der Waals surface area contributed by atoms with E-state index in [0.29, 0.717) is 5.56 Å². The summed E-state index contributed by atoms with van der Waals surface area (Å²) in [4.78, 5) is 21.7. The average molecular weight is 214 g/mol. The van der Waals surface area contributed by atoms with E-state index in [1.54, 1.807) is 16.8 Å². The van der Waals surface area contributed by atoms with E-state index in [0.717, 1.165) is 0 Å². The first-order valence-corrected chi connectivity index (χ1v) is 4.86. The van der Waals surface area contributed by atoms with Crippen LogP contribution in [0.25, 0.3) is 0 Å². The highest BCUT2D eigenvalue weighted by molar-refractivity contribution is 7.08. The van der Waals surface area contributed by atoms with Gasteiger partial charge in [-0.2, -0.15) is 11.3 Å². The van der Waals surface area contributed by atoms with Gasteiger partial charge in [0.15, 0.2) is 0 Å². The molecule has 1 aromatic rings. The molecule has 0 radical (unpaired) electrons. The van der Waals surface area contributed by atoms with Crippen LogP contribution in [-0.2, 0) is 4.79 Å². The monoisotopic (exact) mass is 214 g/mol. The Hall–Kier alpha value is -1.40. The van der Waals surface area contributed by atoms with Crippen molar-refractivity contribution in [2.24, 2.45) is 0 Å². The van der Waals surface area contributed by atoms with Gasteiger partial charge in [0.25, 0.3) is 5.91 Å². The van der Waals surface area contributed by atoms with Crippen molar-refractivity contribution in [3.05, 3.63) is 22.4 Å². The van der Waals surface area contributed by atoms with Crippen molar-refractivity contribution >= 4 is 23.2 Å². The highest BCUT2D eigenvalue weighted by Gasteiger charge is 2.11. The van der Waals surface area contributed by atoms with Gasteiger partial charge in [-0.05, 0) is 18.4 Å². The summed E-state index contributed by atoms with van der Waals surface area (Å²) in [6, 6.07) is 0.852. The van der Waals surface area contributed by atoms with E-state index in [1.165, 1.54) is 18.3 Å². The fourth-order valence-electron chi connectivity index (χ4n) is 0.701. The van der Waals surface area contributed by atoms with Crippen LogP contribution in [0.3, 0.4) is 0 Å². The highest BCUT2D eigenvalue weighted by Crippen LogP contribution is 2.04. The summed E-state index contributed by atoms with van der Waals surface area (Å²) in [7, 11) is 0. The molecule has 1 rings (SSSR count). The van der Waals surface area contributed by atoms with Crippen molar-refractivity contribution < 1.29 is 14.7 Å². The summed E-state index contributed by atoms with van der Waals surface area (Å²) < 4.78 is 0. The van der Waals surface area contributed by atoms with Gasteiger partial charge in [0.05, 0.1) is 5.56 Å². The minimum absolute atomic E-state index is 0.334. The molecule has 0 unspecified atom stereocenters. The van der Waals surface area contributed by atoms with Gasteiger partial charge in [0.1, 0.15) is 6.04 Å². The lowest BCUT2D eigenvalue weighted by molar-refractivity contribution is -0.139. The van der Waals surface area contributed by atoms with Crippen LogP contribution in [0.2, 0.25) is 0 Å². The molecule has 0 aliphatic carbocycles. The lowest BCUT2D eigenvalue weighted by Crippen LogP contribution is -2.46. The number of thiophene rings is 1. The molecule has 5 nitrogen and oxygen atoms in total. The molecule has 14 heavy (non-hydrogen) atoms. The van der Waals surface area contributed by atoms with Crippen LogP contribution in [-0.4, -0.2) is 23.0 Å². The van der Waals surface area contributed by atoms with Gasteiger partial charge < -0.3 is 5.11 Å². The molecule has 1 atom stereocenters. The molecule has 0 saturated heterocycles. The summed E-state index contributed by atoms with van der Waals surface area (Å²) in [6.45, 7) is 1.44. The third-order valence-corrected chi connectivity index (χ3v) is 2.24. The Bertz CT molecular complexity index is 323. The van der Waals surface area contributed by atoms with Crippen LogP contribution in [0.1, 0.15) is 17.3 Å². The molecule has 0 aliphatic heterocycles. The van der Waals surface area contributed by atoms with E-state index in [1.807, 2.05) is 0 Å². The zero-order valence-corrected chi connectivity index (χ0v) is 8.30. The number of hydrazine groups is 1. The first-order valence-electron chi connectivity index (χ1n) is 3.92. The number of carboxylic acid groups (broad SMARTS) is 1. The van der Waals surface area contributed by atoms with E-state index in [-0.39, 0.29) is 5.91 Å². The molecule has 1 amide bonds. The SMILES string of the molecule is C[C@H](NNC(=O)c1ccsc1)C(=O)O. The second kappa shape index (κ2) is 4.73. The second-order valence-electron chi connectivity index (χ2n) is 2.67. The van der Waals surface area contributed by atoms with Crippen molar-refractivity contribution in [3.63, 3.8) is 0 Å². The van der Waals surface area contributed by atoms with Crippen LogP contribution in [0, 0.1) is 0 Å². The molecule has 0 aliphatic rings. The summed E-state index contributed by atoms with van der Waals surface area (Å²) in [5, 5.41) is 12.0. The molecule has 0 aromatic carbocycles. The first-order chi connectivity index (χ1) is 6.61. The number of aliphatic carboxylic acids is 1. The molecular weight excluding hydrogens is 204 g/mol. The fourth-order valence-corrected chi connectivity index (χ4v) is 1.34. The van der Waals surface area contributed by atoms with E-state index in [2.05, 4.69) is 10.9 Å². The Balaban J connectivity index is 2.40. The predicted molar refractivity (Wildman–Crippen MR) is 52.0 cm³/mol. The minimum atomic E-state index is -1.02. The van der Waals surface area contributed by atoms with Crippen LogP contribution in [0.4, 0.5) is 0 Å². The lowest BCUT2D eigenvalue weighted by Gasteiger charge is -2.09. The molecule has 0 fully saturated rings. The van der Waals surface area contributed by atoms with E-state index < -0.39 is 12.0 Å². The molecule has 76 valence electrons.